The van der Waals surface area contributed by atoms with Crippen LogP contribution in [0.3, 0.4) is 0 Å². The van der Waals surface area contributed by atoms with Crippen molar-refractivity contribution in [1.82, 2.24) is 4.89 Å². The summed E-state index contributed by atoms with van der Waals surface area (Å²) in [6.07, 6.45) is -1.02. The smallest absolute Gasteiger partial charge is 0.513 e. The number of fused-ring (bicyclic) bond motifs is 1. The summed E-state index contributed by atoms with van der Waals surface area (Å²) in [6.45, 7) is 14.3. The summed E-state index contributed by atoms with van der Waals surface area (Å²) in [5, 5.41) is 1.75. The van der Waals surface area contributed by atoms with Gasteiger partial charge in [0, 0.05) is 5.56 Å². The van der Waals surface area contributed by atoms with Crippen LogP contribution in [0.25, 0.3) is 10.8 Å². The molecule has 0 amide bonds. The summed E-state index contributed by atoms with van der Waals surface area (Å²) in [4.78, 5) is 6.19. The predicted octanol–water partition coefficient (Wildman–Crippen LogP) is 6.83. The zero-order valence-corrected chi connectivity index (χ0v) is 21.3. The lowest BCUT2D eigenvalue weighted by molar-refractivity contribution is -0.0565. The minimum atomic E-state index is -5.64. The highest BCUT2D eigenvalue weighted by Gasteiger charge is 2.48. The average molecular weight is 492 g/mol. The second kappa shape index (κ2) is 9.70. The Morgan fingerprint density at radius 1 is 0.875 bits per heavy atom. The van der Waals surface area contributed by atoms with Crippen LogP contribution in [0.15, 0.2) is 36.4 Å². The topological polar surface area (TPSA) is 64.6 Å². The predicted molar refractivity (Wildman–Crippen MR) is 123 cm³/mol. The van der Waals surface area contributed by atoms with Gasteiger partial charge in [-0.15, -0.1) is 0 Å². The molecule has 0 heterocycles. The minimum Gasteiger partial charge on any atom is -0.542 e. The summed E-state index contributed by atoms with van der Waals surface area (Å²) in [6, 6.07) is 11.2. The van der Waals surface area contributed by atoms with Crippen LogP contribution in [0.1, 0.15) is 60.1 Å². The lowest BCUT2D eigenvalue weighted by Crippen LogP contribution is -2.51. The molecule has 1 unspecified atom stereocenters. The number of halogens is 3. The zero-order valence-electron chi connectivity index (χ0n) is 19.4. The van der Waals surface area contributed by atoms with Crippen LogP contribution in [-0.4, -0.2) is 22.2 Å². The first-order valence-corrected chi connectivity index (χ1v) is 14.2. The lowest BCUT2D eigenvalue weighted by Gasteiger charge is -2.43. The molecule has 5 nitrogen and oxygen atoms in total. The van der Waals surface area contributed by atoms with Gasteiger partial charge >= 0.3 is 15.5 Å². The number of rotatable bonds is 9. The van der Waals surface area contributed by atoms with Crippen molar-refractivity contribution in [3.8, 4) is 5.75 Å². The van der Waals surface area contributed by atoms with E-state index < -0.39 is 30.0 Å². The molecule has 10 heteroatoms. The normalized spacial score (nSPS) is 14.5. The second-order valence-corrected chi connectivity index (χ2v) is 16.0. The standard InChI is InChI=1S/C22H32F3NO4SSi/c1-14(2)32(15(3)4,16(5)6)30-21-13-19-11-9-8-10-18(19)12-20(21)17(7)29-26-31(27,28)22(23,24)25/h8-17,26H,1-7H3. The van der Waals surface area contributed by atoms with Gasteiger partial charge in [0.15, 0.2) is 0 Å². The Morgan fingerprint density at radius 3 is 1.78 bits per heavy atom. The van der Waals surface area contributed by atoms with Crippen LogP contribution in [0.5, 0.6) is 5.75 Å². The van der Waals surface area contributed by atoms with Gasteiger partial charge in [-0.2, -0.15) is 13.2 Å². The second-order valence-electron chi connectivity index (χ2n) is 8.95. The van der Waals surface area contributed by atoms with E-state index in [1.807, 2.05) is 30.3 Å². The molecule has 2 rings (SSSR count). The fourth-order valence-corrected chi connectivity index (χ4v) is 10.1. The van der Waals surface area contributed by atoms with Crippen LogP contribution < -0.4 is 9.31 Å². The summed E-state index contributed by atoms with van der Waals surface area (Å²) in [5.74, 6) is 0.505. The molecule has 0 aliphatic carbocycles. The molecule has 0 spiro atoms. The Balaban J connectivity index is 2.56. The van der Waals surface area contributed by atoms with Gasteiger partial charge in [-0.25, -0.2) is 8.42 Å². The lowest BCUT2D eigenvalue weighted by atomic mass is 10.0. The molecule has 0 radical (unpaired) electrons. The highest BCUT2D eigenvalue weighted by molar-refractivity contribution is 7.90. The SMILES string of the molecule is CC(ONS(=O)(=O)C(F)(F)F)c1cc2ccccc2cc1O[Si](C(C)C)(C(C)C)C(C)C. The first kappa shape index (κ1) is 26.6. The maximum absolute atomic E-state index is 12.7. The maximum atomic E-state index is 12.7. The van der Waals surface area contributed by atoms with Crippen molar-refractivity contribution in [3.63, 3.8) is 0 Å². The van der Waals surface area contributed by atoms with Gasteiger partial charge in [-0.3, -0.25) is 4.84 Å². The zero-order chi connectivity index (χ0) is 24.5. The maximum Gasteiger partial charge on any atom is 0.513 e. The number of hydrogen-bond donors (Lipinski definition) is 1. The van der Waals surface area contributed by atoms with E-state index in [2.05, 4.69) is 41.5 Å². The molecule has 0 saturated carbocycles. The summed E-state index contributed by atoms with van der Waals surface area (Å²) < 4.78 is 67.7. The number of alkyl halides is 3. The minimum absolute atomic E-state index is 0.266. The Kier molecular flexibility index (Phi) is 8.07. The molecule has 1 N–H and O–H groups in total. The van der Waals surface area contributed by atoms with E-state index >= 15 is 0 Å². The van der Waals surface area contributed by atoms with E-state index in [0.717, 1.165) is 10.8 Å². The van der Waals surface area contributed by atoms with Crippen molar-refractivity contribution in [2.24, 2.45) is 0 Å². The largest absolute Gasteiger partial charge is 0.542 e. The number of sulfonamides is 1. The summed E-state index contributed by atoms with van der Waals surface area (Å²) >= 11 is 0. The number of hydrogen-bond acceptors (Lipinski definition) is 4. The molecule has 0 aromatic heterocycles. The first-order valence-electron chi connectivity index (χ1n) is 10.6. The molecule has 1 atom stereocenters. The Hall–Kier alpha value is -1.62. The Bertz CT molecular complexity index is 1020. The van der Waals surface area contributed by atoms with Crippen molar-refractivity contribution in [2.75, 3.05) is 0 Å². The first-order chi connectivity index (χ1) is 14.6. The average Bonchev–Trinajstić information content (AvgIpc) is 2.67. The van der Waals surface area contributed by atoms with Crippen molar-refractivity contribution in [2.45, 2.75) is 76.7 Å². The monoisotopic (exact) mass is 491 g/mol. The van der Waals surface area contributed by atoms with E-state index in [4.69, 9.17) is 9.26 Å². The van der Waals surface area contributed by atoms with E-state index in [9.17, 15) is 21.6 Å². The van der Waals surface area contributed by atoms with Crippen molar-refractivity contribution < 1.29 is 30.9 Å². The van der Waals surface area contributed by atoms with E-state index in [-0.39, 0.29) is 16.6 Å². The molecular formula is C22H32F3NO4SSi. The fourth-order valence-electron chi connectivity index (χ4n) is 4.43. The van der Waals surface area contributed by atoms with Gasteiger partial charge in [0.1, 0.15) is 11.9 Å². The Labute approximate surface area is 189 Å². The third-order valence-electron chi connectivity index (χ3n) is 5.95. The van der Waals surface area contributed by atoms with Gasteiger partial charge in [0.25, 0.3) is 8.32 Å². The molecule has 2 aromatic carbocycles. The van der Waals surface area contributed by atoms with Gasteiger partial charge < -0.3 is 4.43 Å². The number of benzene rings is 2. The highest BCUT2D eigenvalue weighted by atomic mass is 32.2. The number of nitrogens with one attached hydrogen (secondary N) is 1. The van der Waals surface area contributed by atoms with Gasteiger partial charge in [-0.1, -0.05) is 70.7 Å². The molecule has 0 saturated heterocycles. The van der Waals surface area contributed by atoms with Crippen LogP contribution in [-0.2, 0) is 14.9 Å². The quantitative estimate of drug-likeness (QED) is 0.309. The molecule has 0 fully saturated rings. The molecule has 0 aliphatic heterocycles. The summed E-state index contributed by atoms with van der Waals surface area (Å²) in [5.41, 5.74) is -4.19. The van der Waals surface area contributed by atoms with E-state index in [0.29, 0.717) is 11.3 Å². The van der Waals surface area contributed by atoms with Gasteiger partial charge in [0.05, 0.1) is 0 Å². The third kappa shape index (κ3) is 5.30. The third-order valence-corrected chi connectivity index (χ3v) is 12.9. The molecule has 0 bridgehead atoms. The van der Waals surface area contributed by atoms with Crippen molar-refractivity contribution in [3.05, 3.63) is 42.0 Å². The molecular weight excluding hydrogens is 459 g/mol. The molecule has 0 aliphatic rings. The molecule has 2 aromatic rings. The van der Waals surface area contributed by atoms with E-state index in [1.54, 1.807) is 6.07 Å². The summed E-state index contributed by atoms with van der Waals surface area (Å²) in [7, 11) is -8.03. The van der Waals surface area contributed by atoms with Crippen LogP contribution in [0, 0.1) is 0 Å². The van der Waals surface area contributed by atoms with E-state index in [1.165, 1.54) is 11.8 Å². The van der Waals surface area contributed by atoms with Crippen LogP contribution in [0.4, 0.5) is 13.2 Å². The molecule has 180 valence electrons. The highest BCUT2D eigenvalue weighted by Crippen LogP contribution is 2.45. The van der Waals surface area contributed by atoms with Crippen LogP contribution >= 0.6 is 0 Å². The van der Waals surface area contributed by atoms with Gasteiger partial charge in [0.2, 0.25) is 0 Å². The van der Waals surface area contributed by atoms with Crippen molar-refractivity contribution in [1.29, 1.82) is 0 Å². The molecule has 32 heavy (non-hydrogen) atoms. The van der Waals surface area contributed by atoms with Crippen LogP contribution in [0.2, 0.25) is 16.6 Å². The van der Waals surface area contributed by atoms with Gasteiger partial charge in [-0.05, 0) is 46.5 Å². The Morgan fingerprint density at radius 2 is 1.34 bits per heavy atom. The fraction of sp³-hybridized carbons (Fsp3) is 0.545. The van der Waals surface area contributed by atoms with Crippen molar-refractivity contribution >= 4 is 29.1 Å².